The third-order valence-corrected chi connectivity index (χ3v) is 7.06. The van der Waals surface area contributed by atoms with Crippen LogP contribution < -0.4 is 4.74 Å². The van der Waals surface area contributed by atoms with Gasteiger partial charge in [-0.1, -0.05) is 25.8 Å². The minimum absolute atomic E-state index is 0.0422. The van der Waals surface area contributed by atoms with Gasteiger partial charge in [0, 0.05) is 29.8 Å². The largest absolute Gasteiger partial charge is 0.491 e. The van der Waals surface area contributed by atoms with E-state index >= 15 is 0 Å². The zero-order valence-corrected chi connectivity index (χ0v) is 19.2. The third kappa shape index (κ3) is 5.11. The summed E-state index contributed by atoms with van der Waals surface area (Å²) < 4.78 is 40.0. The number of ether oxygens (including phenoxy) is 2. The van der Waals surface area contributed by atoms with Crippen molar-refractivity contribution in [1.82, 2.24) is 9.97 Å². The number of hydrogen-bond donors (Lipinski definition) is 0. The molecule has 4 nitrogen and oxygen atoms in total. The monoisotopic (exact) mass is 444 g/mol. The summed E-state index contributed by atoms with van der Waals surface area (Å²) >= 11 is 0. The van der Waals surface area contributed by atoms with Crippen molar-refractivity contribution >= 4 is 0 Å². The first-order valence-electron chi connectivity index (χ1n) is 12.1. The van der Waals surface area contributed by atoms with Gasteiger partial charge in [-0.3, -0.25) is 0 Å². The first kappa shape index (κ1) is 23.1. The van der Waals surface area contributed by atoms with Crippen LogP contribution in [0.5, 0.6) is 5.75 Å². The highest BCUT2D eigenvalue weighted by Crippen LogP contribution is 2.39. The molecule has 2 fully saturated rings. The lowest BCUT2D eigenvalue weighted by molar-refractivity contribution is 0.00117. The second kappa shape index (κ2) is 10.7. The van der Waals surface area contributed by atoms with Crippen LogP contribution in [-0.2, 0) is 4.74 Å². The fourth-order valence-corrected chi connectivity index (χ4v) is 5.23. The summed E-state index contributed by atoms with van der Waals surface area (Å²) in [7, 11) is 0. The van der Waals surface area contributed by atoms with Crippen molar-refractivity contribution in [3.05, 3.63) is 53.1 Å². The molecule has 4 rings (SSSR count). The Labute approximate surface area is 189 Å². The van der Waals surface area contributed by atoms with Crippen LogP contribution in [-0.4, -0.2) is 23.2 Å². The van der Waals surface area contributed by atoms with Crippen molar-refractivity contribution < 1.29 is 18.3 Å². The molecule has 0 N–H and O–H groups in total. The number of hydrogen-bond acceptors (Lipinski definition) is 4. The van der Waals surface area contributed by atoms with Gasteiger partial charge < -0.3 is 9.47 Å². The van der Waals surface area contributed by atoms with Gasteiger partial charge in [0.1, 0.15) is 5.82 Å². The molecule has 2 aliphatic rings. The van der Waals surface area contributed by atoms with Gasteiger partial charge in [-0.05, 0) is 63.0 Å². The van der Waals surface area contributed by atoms with E-state index in [0.29, 0.717) is 24.7 Å². The van der Waals surface area contributed by atoms with Crippen LogP contribution in [0.2, 0.25) is 0 Å². The Morgan fingerprint density at radius 2 is 1.66 bits per heavy atom. The van der Waals surface area contributed by atoms with Crippen LogP contribution in [0.3, 0.4) is 0 Å². The van der Waals surface area contributed by atoms with Gasteiger partial charge in [0.25, 0.3) is 0 Å². The molecule has 1 saturated heterocycles. The summed E-state index contributed by atoms with van der Waals surface area (Å²) in [6.45, 7) is 4.65. The summed E-state index contributed by atoms with van der Waals surface area (Å²) in [4.78, 5) is 9.33. The fourth-order valence-electron chi connectivity index (χ4n) is 5.23. The maximum atomic E-state index is 14.5. The summed E-state index contributed by atoms with van der Waals surface area (Å²) in [5, 5.41) is 0. The number of rotatable bonds is 7. The average molecular weight is 445 g/mol. The van der Waals surface area contributed by atoms with E-state index in [2.05, 4.69) is 16.9 Å². The number of nitrogens with zero attached hydrogens (tertiary/aromatic N) is 2. The number of benzene rings is 1. The molecule has 2 heterocycles. The molecule has 1 saturated carbocycles. The predicted octanol–water partition coefficient (Wildman–Crippen LogP) is 6.86. The van der Waals surface area contributed by atoms with E-state index in [1.54, 1.807) is 13.0 Å². The van der Waals surface area contributed by atoms with E-state index in [4.69, 9.17) is 9.47 Å². The number of aromatic nitrogens is 2. The molecule has 2 atom stereocenters. The van der Waals surface area contributed by atoms with Crippen LogP contribution in [0.15, 0.2) is 24.5 Å². The SMILES string of the molecule is CCCC1CCC(c2ncc(C3CCC(c4ccc(OCC)c(F)c4F)CO3)cn2)CC1. The maximum absolute atomic E-state index is 14.5. The first-order valence-corrected chi connectivity index (χ1v) is 12.1. The topological polar surface area (TPSA) is 44.2 Å². The molecule has 2 aromatic rings. The molecule has 1 aliphatic carbocycles. The van der Waals surface area contributed by atoms with Crippen molar-refractivity contribution in [1.29, 1.82) is 0 Å². The highest BCUT2D eigenvalue weighted by atomic mass is 19.2. The van der Waals surface area contributed by atoms with Crippen molar-refractivity contribution in [2.24, 2.45) is 5.92 Å². The van der Waals surface area contributed by atoms with Crippen LogP contribution in [0.25, 0.3) is 0 Å². The fraction of sp³-hybridized carbons (Fsp3) is 0.615. The number of halogens is 2. The summed E-state index contributed by atoms with van der Waals surface area (Å²) in [5.74, 6) is 0.321. The standard InChI is InChI=1S/C26H34F2N2O2/c1-3-5-17-6-8-18(9-7-17)26-29-14-20(15-30-26)22-12-10-19(16-32-22)21-11-13-23(31-4-2)25(28)24(21)27/h11,13-15,17-19,22H,3-10,12,16H2,1-2H3. The second-order valence-electron chi connectivity index (χ2n) is 9.19. The van der Waals surface area contributed by atoms with E-state index < -0.39 is 11.6 Å². The highest BCUT2D eigenvalue weighted by molar-refractivity contribution is 5.33. The molecule has 1 aromatic heterocycles. The van der Waals surface area contributed by atoms with E-state index in [0.717, 1.165) is 30.1 Å². The quantitative estimate of drug-likeness (QED) is 0.468. The molecule has 0 radical (unpaired) electrons. The molecule has 0 bridgehead atoms. The normalized spacial score (nSPS) is 26.1. The van der Waals surface area contributed by atoms with Crippen LogP contribution >= 0.6 is 0 Å². The van der Waals surface area contributed by atoms with Gasteiger partial charge in [0.05, 0.1) is 19.3 Å². The lowest BCUT2D eigenvalue weighted by Crippen LogP contribution is -2.21. The minimum atomic E-state index is -0.917. The van der Waals surface area contributed by atoms with Crippen LogP contribution in [0.1, 0.15) is 100 Å². The third-order valence-electron chi connectivity index (χ3n) is 7.06. The molecule has 1 aromatic carbocycles. The van der Waals surface area contributed by atoms with Gasteiger partial charge >= 0.3 is 0 Å². The second-order valence-corrected chi connectivity index (χ2v) is 9.19. The zero-order valence-electron chi connectivity index (χ0n) is 19.2. The lowest BCUT2D eigenvalue weighted by atomic mass is 9.80. The Morgan fingerprint density at radius 3 is 2.28 bits per heavy atom. The summed E-state index contributed by atoms with van der Waals surface area (Å²) in [6, 6.07) is 3.12. The van der Waals surface area contributed by atoms with Gasteiger partial charge in [-0.15, -0.1) is 0 Å². The van der Waals surface area contributed by atoms with E-state index in [1.165, 1.54) is 44.6 Å². The molecule has 174 valence electrons. The smallest absolute Gasteiger partial charge is 0.200 e. The van der Waals surface area contributed by atoms with E-state index in [1.807, 2.05) is 12.4 Å². The zero-order chi connectivity index (χ0) is 22.5. The Hall–Kier alpha value is -2.08. The van der Waals surface area contributed by atoms with Crippen LogP contribution in [0, 0.1) is 17.6 Å². The Kier molecular flexibility index (Phi) is 7.71. The van der Waals surface area contributed by atoms with E-state index in [-0.39, 0.29) is 17.8 Å². The molecular weight excluding hydrogens is 410 g/mol. The summed E-state index contributed by atoms with van der Waals surface area (Å²) in [6.07, 6.45) is 12.6. The molecule has 0 spiro atoms. The average Bonchev–Trinajstić information content (AvgIpc) is 2.83. The molecule has 32 heavy (non-hydrogen) atoms. The van der Waals surface area contributed by atoms with Crippen molar-refractivity contribution in [3.8, 4) is 5.75 Å². The highest BCUT2D eigenvalue weighted by Gasteiger charge is 2.29. The molecular formula is C26H34F2N2O2. The van der Waals surface area contributed by atoms with E-state index in [9.17, 15) is 8.78 Å². The lowest BCUT2D eigenvalue weighted by Gasteiger charge is -2.30. The van der Waals surface area contributed by atoms with Gasteiger partial charge in [0.15, 0.2) is 11.6 Å². The van der Waals surface area contributed by atoms with Crippen molar-refractivity contribution in [2.45, 2.75) is 83.2 Å². The van der Waals surface area contributed by atoms with Gasteiger partial charge in [-0.25, -0.2) is 14.4 Å². The Bertz CT molecular complexity index is 874. The van der Waals surface area contributed by atoms with Crippen molar-refractivity contribution in [2.75, 3.05) is 13.2 Å². The van der Waals surface area contributed by atoms with Crippen LogP contribution in [0.4, 0.5) is 8.78 Å². The Balaban J connectivity index is 1.33. The molecule has 2 unspecified atom stereocenters. The van der Waals surface area contributed by atoms with Crippen molar-refractivity contribution in [3.63, 3.8) is 0 Å². The van der Waals surface area contributed by atoms with Gasteiger partial charge in [0.2, 0.25) is 5.82 Å². The molecule has 0 amide bonds. The van der Waals surface area contributed by atoms with Gasteiger partial charge in [-0.2, -0.15) is 4.39 Å². The Morgan fingerprint density at radius 1 is 0.938 bits per heavy atom. The predicted molar refractivity (Wildman–Crippen MR) is 120 cm³/mol. The molecule has 6 heteroatoms. The maximum Gasteiger partial charge on any atom is 0.200 e. The minimum Gasteiger partial charge on any atom is -0.491 e. The summed E-state index contributed by atoms with van der Waals surface area (Å²) in [5.41, 5.74) is 1.32. The first-order chi connectivity index (χ1) is 15.6. The molecule has 1 aliphatic heterocycles.